The Morgan fingerprint density at radius 2 is 1.96 bits per heavy atom. The number of ether oxygens (including phenoxy) is 1. The first kappa shape index (κ1) is 17.7. The zero-order valence-corrected chi connectivity index (χ0v) is 15.5. The van der Waals surface area contributed by atoms with E-state index in [1.54, 1.807) is 30.5 Å². The maximum atomic E-state index is 12.3. The molecule has 26 heavy (non-hydrogen) atoms. The fourth-order valence-corrected chi connectivity index (χ4v) is 5.11. The Labute approximate surface area is 154 Å². The van der Waals surface area contributed by atoms with Crippen molar-refractivity contribution in [2.24, 2.45) is 5.92 Å². The summed E-state index contributed by atoms with van der Waals surface area (Å²) in [7, 11) is -3.44. The molecule has 140 valence electrons. The Bertz CT molecular complexity index is 814. The normalized spacial score (nSPS) is 22.5. The molecule has 6 nitrogen and oxygen atoms in total. The third-order valence-corrected chi connectivity index (χ3v) is 6.86. The number of nitrogens with zero attached hydrogens (tertiary/aromatic N) is 1. The van der Waals surface area contributed by atoms with Gasteiger partial charge in [-0.15, -0.1) is 0 Å². The van der Waals surface area contributed by atoms with Gasteiger partial charge in [-0.05, 0) is 43.0 Å². The summed E-state index contributed by atoms with van der Waals surface area (Å²) < 4.78 is 38.8. The summed E-state index contributed by atoms with van der Waals surface area (Å²) in [6, 6.07) is 12.4. The number of likely N-dealkylation sites (tertiary alicyclic amines) is 1. The van der Waals surface area contributed by atoms with E-state index in [0.29, 0.717) is 17.4 Å². The van der Waals surface area contributed by atoms with Crippen LogP contribution in [0.2, 0.25) is 0 Å². The molecule has 0 bridgehead atoms. The minimum atomic E-state index is -3.44. The van der Waals surface area contributed by atoms with Gasteiger partial charge in [0.2, 0.25) is 10.0 Å². The van der Waals surface area contributed by atoms with Crippen LogP contribution in [0.15, 0.2) is 58.0 Å². The molecule has 4 rings (SSSR count). The predicted molar refractivity (Wildman–Crippen MR) is 97.0 cm³/mol. The van der Waals surface area contributed by atoms with E-state index in [4.69, 9.17) is 9.15 Å². The molecule has 2 aliphatic heterocycles. The molecule has 0 radical (unpaired) electrons. The van der Waals surface area contributed by atoms with Crippen LogP contribution in [-0.4, -0.2) is 45.2 Å². The first-order valence-electron chi connectivity index (χ1n) is 9.01. The number of furan rings is 1. The molecular formula is C19H24N2O4S. The first-order valence-corrected chi connectivity index (χ1v) is 10.5. The maximum Gasteiger partial charge on any atom is 0.240 e. The smallest absolute Gasteiger partial charge is 0.240 e. The summed E-state index contributed by atoms with van der Waals surface area (Å²) in [6.45, 7) is 3.74. The van der Waals surface area contributed by atoms with E-state index in [1.165, 1.54) is 0 Å². The summed E-state index contributed by atoms with van der Waals surface area (Å²) in [5.74, 6) is 1.35. The first-order chi connectivity index (χ1) is 12.6. The van der Waals surface area contributed by atoms with E-state index >= 15 is 0 Å². The van der Waals surface area contributed by atoms with Crippen molar-refractivity contribution in [2.45, 2.75) is 29.9 Å². The topological polar surface area (TPSA) is 71.8 Å². The average molecular weight is 376 g/mol. The summed E-state index contributed by atoms with van der Waals surface area (Å²) in [6.07, 6.45) is 3.47. The monoisotopic (exact) mass is 376 g/mol. The Morgan fingerprint density at radius 1 is 1.15 bits per heavy atom. The van der Waals surface area contributed by atoms with Crippen LogP contribution < -0.4 is 4.72 Å². The Hall–Kier alpha value is -1.67. The lowest BCUT2D eigenvalue weighted by molar-refractivity contribution is -0.138. The van der Waals surface area contributed by atoms with Crippen molar-refractivity contribution < 1.29 is 17.6 Å². The third-order valence-electron chi connectivity index (χ3n) is 5.38. The molecule has 1 aromatic heterocycles. The molecule has 2 aliphatic rings. The number of sulfonamides is 1. The molecule has 2 aromatic rings. The van der Waals surface area contributed by atoms with Crippen molar-refractivity contribution in [3.63, 3.8) is 0 Å². The minimum absolute atomic E-state index is 0.120. The molecule has 1 atom stereocenters. The summed E-state index contributed by atoms with van der Waals surface area (Å²) in [4.78, 5) is 2.62. The predicted octanol–water partition coefficient (Wildman–Crippen LogP) is 2.24. The molecule has 7 heteroatoms. The highest BCUT2D eigenvalue weighted by Crippen LogP contribution is 2.42. The van der Waals surface area contributed by atoms with Gasteiger partial charge >= 0.3 is 0 Å². The van der Waals surface area contributed by atoms with Crippen LogP contribution in [0.25, 0.3) is 0 Å². The molecule has 1 spiro atoms. The number of rotatable bonds is 7. The molecule has 0 unspecified atom stereocenters. The standard InChI is InChI=1S/C19H24N2O4S/c22-26(23,18-6-2-1-3-7-18)20-10-8-16-9-12-25-19(16)14-21(15-19)13-17-5-4-11-24-17/h1-7,11,16,20H,8-10,12-15H2/t16-/m0/s1. The van der Waals surface area contributed by atoms with Crippen LogP contribution >= 0.6 is 0 Å². The van der Waals surface area contributed by atoms with E-state index in [2.05, 4.69) is 9.62 Å². The van der Waals surface area contributed by atoms with Gasteiger partial charge in [0.05, 0.1) is 23.3 Å². The van der Waals surface area contributed by atoms with Gasteiger partial charge in [-0.25, -0.2) is 13.1 Å². The maximum absolute atomic E-state index is 12.3. The van der Waals surface area contributed by atoms with E-state index < -0.39 is 10.0 Å². The van der Waals surface area contributed by atoms with Gasteiger partial charge in [0.25, 0.3) is 0 Å². The third kappa shape index (κ3) is 3.57. The molecule has 0 amide bonds. The van der Waals surface area contributed by atoms with Gasteiger partial charge in [0.15, 0.2) is 0 Å². The molecule has 3 heterocycles. The minimum Gasteiger partial charge on any atom is -0.468 e. The molecule has 0 saturated carbocycles. The van der Waals surface area contributed by atoms with E-state index in [-0.39, 0.29) is 5.60 Å². The highest BCUT2D eigenvalue weighted by molar-refractivity contribution is 7.89. The lowest BCUT2D eigenvalue weighted by atomic mass is 9.79. The van der Waals surface area contributed by atoms with Crippen LogP contribution in [0.5, 0.6) is 0 Å². The zero-order chi connectivity index (χ0) is 18.0. The number of nitrogens with one attached hydrogen (secondary N) is 1. The van der Waals surface area contributed by atoms with Gasteiger partial charge in [0.1, 0.15) is 5.76 Å². The SMILES string of the molecule is O=S(=O)(NCC[C@H]1CCOC12CN(Cc1ccco1)C2)c1ccccc1. The quantitative estimate of drug-likeness (QED) is 0.802. The fourth-order valence-electron chi connectivity index (χ4n) is 4.04. The Balaban J connectivity index is 1.29. The zero-order valence-electron chi connectivity index (χ0n) is 14.6. The van der Waals surface area contributed by atoms with Crippen LogP contribution in [-0.2, 0) is 21.3 Å². The second kappa shape index (κ2) is 7.15. The summed E-state index contributed by atoms with van der Waals surface area (Å²) in [5.41, 5.74) is -0.120. The van der Waals surface area contributed by atoms with Crippen molar-refractivity contribution >= 4 is 10.0 Å². The van der Waals surface area contributed by atoms with Crippen molar-refractivity contribution in [1.82, 2.24) is 9.62 Å². The Kier molecular flexibility index (Phi) is 4.88. The summed E-state index contributed by atoms with van der Waals surface area (Å²) >= 11 is 0. The highest BCUT2D eigenvalue weighted by Gasteiger charge is 2.52. The van der Waals surface area contributed by atoms with E-state index in [9.17, 15) is 8.42 Å². The van der Waals surface area contributed by atoms with Gasteiger partial charge < -0.3 is 9.15 Å². The van der Waals surface area contributed by atoms with Crippen molar-refractivity contribution in [2.75, 3.05) is 26.2 Å². The van der Waals surface area contributed by atoms with Gasteiger partial charge in [-0.3, -0.25) is 4.90 Å². The molecule has 1 N–H and O–H groups in total. The van der Waals surface area contributed by atoms with Crippen LogP contribution in [0.1, 0.15) is 18.6 Å². The second-order valence-electron chi connectivity index (χ2n) is 7.12. The lowest BCUT2D eigenvalue weighted by Crippen LogP contribution is -2.64. The van der Waals surface area contributed by atoms with E-state index in [0.717, 1.165) is 44.8 Å². The average Bonchev–Trinajstić information content (AvgIpc) is 3.26. The van der Waals surface area contributed by atoms with Crippen LogP contribution in [0.3, 0.4) is 0 Å². The summed E-state index contributed by atoms with van der Waals surface area (Å²) in [5, 5.41) is 0. The van der Waals surface area contributed by atoms with Gasteiger partial charge in [-0.2, -0.15) is 0 Å². The van der Waals surface area contributed by atoms with Gasteiger partial charge in [0, 0.05) is 26.2 Å². The number of benzene rings is 1. The van der Waals surface area contributed by atoms with Crippen molar-refractivity contribution in [3.8, 4) is 0 Å². The number of hydrogen-bond donors (Lipinski definition) is 1. The molecular weight excluding hydrogens is 352 g/mol. The second-order valence-corrected chi connectivity index (χ2v) is 8.89. The molecule has 1 aromatic carbocycles. The van der Waals surface area contributed by atoms with E-state index in [1.807, 2.05) is 18.2 Å². The number of hydrogen-bond acceptors (Lipinski definition) is 5. The lowest BCUT2D eigenvalue weighted by Gasteiger charge is -2.50. The van der Waals surface area contributed by atoms with Gasteiger partial charge in [-0.1, -0.05) is 18.2 Å². The van der Waals surface area contributed by atoms with Crippen molar-refractivity contribution in [3.05, 3.63) is 54.5 Å². The Morgan fingerprint density at radius 3 is 2.69 bits per heavy atom. The van der Waals surface area contributed by atoms with Crippen molar-refractivity contribution in [1.29, 1.82) is 0 Å². The molecule has 0 aliphatic carbocycles. The molecule has 2 fully saturated rings. The molecule has 2 saturated heterocycles. The van der Waals surface area contributed by atoms with Crippen LogP contribution in [0.4, 0.5) is 0 Å². The largest absolute Gasteiger partial charge is 0.468 e. The van der Waals surface area contributed by atoms with Crippen LogP contribution in [0, 0.1) is 5.92 Å². The fraction of sp³-hybridized carbons (Fsp3) is 0.474. The highest BCUT2D eigenvalue weighted by atomic mass is 32.2.